The van der Waals surface area contributed by atoms with Gasteiger partial charge in [0.2, 0.25) is 0 Å². The minimum atomic E-state index is -4.36. The van der Waals surface area contributed by atoms with E-state index in [1.54, 1.807) is 0 Å². The van der Waals surface area contributed by atoms with Gasteiger partial charge in [0.25, 0.3) is 5.91 Å². The van der Waals surface area contributed by atoms with E-state index in [1.165, 1.54) is 29.2 Å². The summed E-state index contributed by atoms with van der Waals surface area (Å²) >= 11 is 0. The second kappa shape index (κ2) is 7.64. The normalized spacial score (nSPS) is 15.8. The van der Waals surface area contributed by atoms with Gasteiger partial charge < -0.3 is 4.90 Å². The second-order valence-corrected chi connectivity index (χ2v) is 6.36. The molecule has 0 saturated carbocycles. The molecule has 0 spiro atoms. The fraction of sp³-hybridized carbons (Fsp3) is 0.316. The minimum absolute atomic E-state index is 0.300. The number of benzene rings is 2. The predicted molar refractivity (Wildman–Crippen MR) is 89.0 cm³/mol. The number of hydrogen-bond acceptors (Lipinski definition) is 2. The van der Waals surface area contributed by atoms with Crippen LogP contribution >= 0.6 is 0 Å². The van der Waals surface area contributed by atoms with Gasteiger partial charge in [0.05, 0.1) is 11.1 Å². The highest BCUT2D eigenvalue weighted by Gasteiger charge is 2.30. The molecule has 0 atom stereocenters. The van der Waals surface area contributed by atoms with Crippen LogP contribution in [0.4, 0.5) is 22.0 Å². The quantitative estimate of drug-likeness (QED) is 0.749. The van der Waals surface area contributed by atoms with Gasteiger partial charge in [0.15, 0.2) is 11.6 Å². The molecule has 0 bridgehead atoms. The van der Waals surface area contributed by atoms with Crippen LogP contribution in [0.3, 0.4) is 0 Å². The summed E-state index contributed by atoms with van der Waals surface area (Å²) in [4.78, 5) is 15.8. The van der Waals surface area contributed by atoms with E-state index in [1.807, 2.05) is 4.90 Å². The van der Waals surface area contributed by atoms with Crippen molar-refractivity contribution in [3.05, 3.63) is 70.8 Å². The Labute approximate surface area is 153 Å². The van der Waals surface area contributed by atoms with E-state index in [4.69, 9.17) is 0 Å². The summed E-state index contributed by atoms with van der Waals surface area (Å²) in [6.45, 7) is 2.09. The van der Waals surface area contributed by atoms with Crippen LogP contribution in [0.5, 0.6) is 0 Å². The summed E-state index contributed by atoms with van der Waals surface area (Å²) < 4.78 is 64.8. The molecule has 2 aromatic carbocycles. The van der Waals surface area contributed by atoms with E-state index in [9.17, 15) is 26.7 Å². The zero-order valence-corrected chi connectivity index (χ0v) is 14.3. The van der Waals surface area contributed by atoms with Crippen LogP contribution < -0.4 is 0 Å². The largest absolute Gasteiger partial charge is 0.416 e. The summed E-state index contributed by atoms with van der Waals surface area (Å²) in [6, 6.07) is 8.44. The third-order valence-electron chi connectivity index (χ3n) is 4.53. The molecule has 0 N–H and O–H groups in total. The van der Waals surface area contributed by atoms with Gasteiger partial charge in [-0.2, -0.15) is 13.2 Å². The highest BCUT2D eigenvalue weighted by atomic mass is 19.4. The molecule has 0 radical (unpaired) electrons. The highest BCUT2D eigenvalue weighted by Crippen LogP contribution is 2.29. The molecule has 3 nitrogen and oxygen atoms in total. The Morgan fingerprint density at radius 2 is 1.56 bits per heavy atom. The lowest BCUT2D eigenvalue weighted by Gasteiger charge is -2.34. The summed E-state index contributed by atoms with van der Waals surface area (Å²) in [5.41, 5.74) is -0.260. The molecule has 0 aliphatic carbocycles. The Balaban J connectivity index is 1.57. The number of carbonyl (C=O) groups is 1. The van der Waals surface area contributed by atoms with Gasteiger partial charge in [-0.05, 0) is 29.8 Å². The Bertz CT molecular complexity index is 812. The third-order valence-corrected chi connectivity index (χ3v) is 4.53. The van der Waals surface area contributed by atoms with Crippen LogP contribution in [0, 0.1) is 11.6 Å². The zero-order valence-electron chi connectivity index (χ0n) is 14.3. The van der Waals surface area contributed by atoms with Crippen molar-refractivity contribution < 1.29 is 26.7 Å². The van der Waals surface area contributed by atoms with Crippen molar-refractivity contribution >= 4 is 5.91 Å². The first-order valence-electron chi connectivity index (χ1n) is 8.37. The summed E-state index contributed by atoms with van der Waals surface area (Å²) in [6.07, 6.45) is -4.36. The first-order chi connectivity index (χ1) is 12.8. The molecule has 3 rings (SSSR count). The van der Waals surface area contributed by atoms with Crippen LogP contribution in [0.2, 0.25) is 0 Å². The van der Waals surface area contributed by atoms with Crippen molar-refractivity contribution in [2.75, 3.05) is 26.2 Å². The van der Waals surface area contributed by atoms with Crippen molar-refractivity contribution in [3.63, 3.8) is 0 Å². The van der Waals surface area contributed by atoms with Crippen LogP contribution in [-0.4, -0.2) is 41.9 Å². The molecular formula is C19H17F5N2O. The van der Waals surface area contributed by atoms with Crippen molar-refractivity contribution in [2.45, 2.75) is 12.7 Å². The molecule has 1 amide bonds. The van der Waals surface area contributed by atoms with Gasteiger partial charge in [-0.25, -0.2) is 8.78 Å². The smallest absolute Gasteiger partial charge is 0.336 e. The molecule has 0 unspecified atom stereocenters. The van der Waals surface area contributed by atoms with Gasteiger partial charge in [0.1, 0.15) is 0 Å². The number of nitrogens with zero attached hydrogens (tertiary/aromatic N) is 2. The van der Waals surface area contributed by atoms with Crippen molar-refractivity contribution in [3.8, 4) is 0 Å². The second-order valence-electron chi connectivity index (χ2n) is 6.36. The Morgan fingerprint density at radius 1 is 0.926 bits per heavy atom. The molecule has 2 aromatic rings. The third kappa shape index (κ3) is 4.44. The lowest BCUT2D eigenvalue weighted by atomic mass is 10.1. The molecule has 144 valence electrons. The Kier molecular flexibility index (Phi) is 5.46. The first-order valence-corrected chi connectivity index (χ1v) is 8.37. The van der Waals surface area contributed by atoms with E-state index in [0.717, 1.165) is 23.8 Å². The number of amides is 1. The maximum Gasteiger partial charge on any atom is 0.416 e. The number of piperazine rings is 1. The maximum atomic E-state index is 13.8. The molecule has 1 saturated heterocycles. The van der Waals surface area contributed by atoms with E-state index >= 15 is 0 Å². The number of halogens is 5. The topological polar surface area (TPSA) is 23.6 Å². The van der Waals surface area contributed by atoms with Crippen LogP contribution in [-0.2, 0) is 12.7 Å². The highest BCUT2D eigenvalue weighted by molar-refractivity contribution is 5.94. The Hall–Kier alpha value is -2.48. The average Bonchev–Trinajstić information content (AvgIpc) is 2.64. The minimum Gasteiger partial charge on any atom is -0.336 e. The molecule has 1 aliphatic rings. The van der Waals surface area contributed by atoms with Crippen molar-refractivity contribution in [2.24, 2.45) is 0 Å². The zero-order chi connectivity index (χ0) is 19.6. The monoisotopic (exact) mass is 384 g/mol. The van der Waals surface area contributed by atoms with E-state index in [-0.39, 0.29) is 5.56 Å². The van der Waals surface area contributed by atoms with Gasteiger partial charge in [-0.3, -0.25) is 9.69 Å². The van der Waals surface area contributed by atoms with E-state index in [2.05, 4.69) is 0 Å². The van der Waals surface area contributed by atoms with Gasteiger partial charge in [-0.1, -0.05) is 18.2 Å². The molecule has 1 heterocycles. The van der Waals surface area contributed by atoms with Crippen molar-refractivity contribution in [1.29, 1.82) is 0 Å². The van der Waals surface area contributed by atoms with Crippen molar-refractivity contribution in [1.82, 2.24) is 9.80 Å². The fourth-order valence-electron chi connectivity index (χ4n) is 3.01. The SMILES string of the molecule is O=C(c1cccc(F)c1F)N1CCN(Cc2ccc(C(F)(F)F)cc2)CC1. The van der Waals surface area contributed by atoms with E-state index in [0.29, 0.717) is 32.7 Å². The fourth-order valence-corrected chi connectivity index (χ4v) is 3.01. The van der Waals surface area contributed by atoms with Gasteiger partial charge >= 0.3 is 6.18 Å². The summed E-state index contributed by atoms with van der Waals surface area (Å²) in [5.74, 6) is -2.79. The molecular weight excluding hydrogens is 367 g/mol. The van der Waals surface area contributed by atoms with E-state index < -0.39 is 29.3 Å². The predicted octanol–water partition coefficient (Wildman–Crippen LogP) is 3.94. The summed E-state index contributed by atoms with van der Waals surface area (Å²) in [7, 11) is 0. The molecule has 0 aromatic heterocycles. The molecule has 1 aliphatic heterocycles. The number of rotatable bonds is 3. The lowest BCUT2D eigenvalue weighted by molar-refractivity contribution is -0.137. The molecule has 27 heavy (non-hydrogen) atoms. The van der Waals surface area contributed by atoms with Gasteiger partial charge in [-0.15, -0.1) is 0 Å². The van der Waals surface area contributed by atoms with Gasteiger partial charge in [0, 0.05) is 32.7 Å². The molecule has 8 heteroatoms. The number of alkyl halides is 3. The standard InChI is InChI=1S/C19H17F5N2O/c20-16-3-1-2-15(17(16)21)18(27)26-10-8-25(9-11-26)12-13-4-6-14(7-5-13)19(22,23)24/h1-7H,8-12H2. The first kappa shape index (κ1) is 19.3. The van der Waals surface area contributed by atoms with Crippen LogP contribution in [0.25, 0.3) is 0 Å². The number of carbonyl (C=O) groups excluding carboxylic acids is 1. The Morgan fingerprint density at radius 3 is 2.15 bits per heavy atom. The number of hydrogen-bond donors (Lipinski definition) is 0. The lowest BCUT2D eigenvalue weighted by Crippen LogP contribution is -2.48. The maximum absolute atomic E-state index is 13.8. The van der Waals surface area contributed by atoms with Crippen LogP contribution in [0.1, 0.15) is 21.5 Å². The van der Waals surface area contributed by atoms with Crippen LogP contribution in [0.15, 0.2) is 42.5 Å². The molecule has 1 fully saturated rings. The average molecular weight is 384 g/mol. The summed E-state index contributed by atoms with van der Waals surface area (Å²) in [5, 5.41) is 0.